The summed E-state index contributed by atoms with van der Waals surface area (Å²) in [4.78, 5) is 44.5. The maximum atomic E-state index is 14.8. The number of aromatic nitrogens is 1. The van der Waals surface area contributed by atoms with Crippen LogP contribution in [0, 0.1) is 17.7 Å². The van der Waals surface area contributed by atoms with Gasteiger partial charge in [0.25, 0.3) is 11.8 Å². The maximum absolute atomic E-state index is 14.8. The van der Waals surface area contributed by atoms with Gasteiger partial charge in [-0.05, 0) is 49.7 Å². The molecule has 6 rings (SSSR count). The lowest BCUT2D eigenvalue weighted by Gasteiger charge is -2.28. The van der Waals surface area contributed by atoms with Crippen molar-refractivity contribution >= 4 is 40.7 Å². The Hall–Kier alpha value is -2.56. The molecule has 8 nitrogen and oxygen atoms in total. The number of hydrazine groups is 1. The fraction of sp³-hybridized carbons (Fsp3) is 0.520. The standard InChI is InChI=1S/C25H27ClFN5O3S/c26-21-20(36-24(30-21)14-7-8-14)23(34)28-11-16(13-5-6-13)22(33)29-19-15-3-1-4-18(27)17(15)12-31-9-2-10-32(31)25(19)35/h1,3-4,13-14,16,19H,2,5-12H2,(H,28,34)(H,29,33)/t16-,19-/m0/s1. The zero-order chi connectivity index (χ0) is 25.0. The molecule has 4 aliphatic rings. The average molecular weight is 532 g/mol. The van der Waals surface area contributed by atoms with Gasteiger partial charge in [0.2, 0.25) is 5.91 Å². The third-order valence-electron chi connectivity index (χ3n) is 7.47. The lowest BCUT2D eigenvalue weighted by molar-refractivity contribution is -0.148. The zero-order valence-corrected chi connectivity index (χ0v) is 21.2. The molecule has 2 saturated carbocycles. The van der Waals surface area contributed by atoms with Crippen LogP contribution in [0.2, 0.25) is 5.15 Å². The molecule has 2 aliphatic carbocycles. The van der Waals surface area contributed by atoms with E-state index in [4.69, 9.17) is 11.6 Å². The normalized spacial score (nSPS) is 22.6. The molecular weight excluding hydrogens is 505 g/mol. The number of rotatable bonds is 7. The highest BCUT2D eigenvalue weighted by atomic mass is 35.5. The summed E-state index contributed by atoms with van der Waals surface area (Å²) in [6.07, 6.45) is 4.69. The summed E-state index contributed by atoms with van der Waals surface area (Å²) in [6, 6.07) is 3.69. The summed E-state index contributed by atoms with van der Waals surface area (Å²) in [5.74, 6) is -1.26. The number of carbonyl (C=O) groups is 3. The van der Waals surface area contributed by atoms with E-state index in [9.17, 15) is 18.8 Å². The van der Waals surface area contributed by atoms with Gasteiger partial charge in [-0.1, -0.05) is 23.7 Å². The van der Waals surface area contributed by atoms with E-state index in [1.807, 2.05) is 5.01 Å². The number of amides is 3. The predicted octanol–water partition coefficient (Wildman–Crippen LogP) is 3.39. The molecule has 0 unspecified atom stereocenters. The van der Waals surface area contributed by atoms with Crippen molar-refractivity contribution in [1.29, 1.82) is 0 Å². The van der Waals surface area contributed by atoms with Crippen molar-refractivity contribution in [1.82, 2.24) is 25.6 Å². The molecule has 190 valence electrons. The average Bonchev–Trinajstić information content (AvgIpc) is 3.79. The minimum atomic E-state index is -0.972. The third kappa shape index (κ3) is 4.50. The highest BCUT2D eigenvalue weighted by Crippen LogP contribution is 2.43. The first-order valence-corrected chi connectivity index (χ1v) is 13.7. The monoisotopic (exact) mass is 531 g/mol. The Bertz CT molecular complexity index is 1230. The Balaban J connectivity index is 1.19. The molecule has 3 heterocycles. The number of nitrogens with one attached hydrogen (secondary N) is 2. The van der Waals surface area contributed by atoms with Gasteiger partial charge in [0, 0.05) is 37.7 Å². The van der Waals surface area contributed by atoms with Crippen molar-refractivity contribution in [3.63, 3.8) is 0 Å². The van der Waals surface area contributed by atoms with Crippen LogP contribution in [0.15, 0.2) is 18.2 Å². The summed E-state index contributed by atoms with van der Waals surface area (Å²) in [5, 5.41) is 10.3. The second-order valence-electron chi connectivity index (χ2n) is 10.1. The highest BCUT2D eigenvalue weighted by Gasteiger charge is 2.42. The van der Waals surface area contributed by atoms with Gasteiger partial charge in [-0.3, -0.25) is 19.4 Å². The zero-order valence-electron chi connectivity index (χ0n) is 19.6. The van der Waals surface area contributed by atoms with Gasteiger partial charge >= 0.3 is 0 Å². The molecule has 36 heavy (non-hydrogen) atoms. The Labute approximate surface area is 217 Å². The summed E-state index contributed by atoms with van der Waals surface area (Å²) in [6.45, 7) is 1.64. The van der Waals surface area contributed by atoms with E-state index in [1.165, 1.54) is 17.4 Å². The van der Waals surface area contributed by atoms with Crippen molar-refractivity contribution < 1.29 is 18.8 Å². The van der Waals surface area contributed by atoms with Crippen molar-refractivity contribution in [3.8, 4) is 0 Å². The molecule has 3 fully saturated rings. The Morgan fingerprint density at radius 3 is 2.78 bits per heavy atom. The van der Waals surface area contributed by atoms with Crippen LogP contribution in [0.5, 0.6) is 0 Å². The molecule has 1 aromatic heterocycles. The lowest BCUT2D eigenvalue weighted by atomic mass is 9.97. The fourth-order valence-electron chi connectivity index (χ4n) is 5.16. The quantitative estimate of drug-likeness (QED) is 0.571. The van der Waals surface area contributed by atoms with Crippen LogP contribution in [-0.2, 0) is 16.1 Å². The van der Waals surface area contributed by atoms with Crippen LogP contribution in [0.1, 0.15) is 69.9 Å². The third-order valence-corrected chi connectivity index (χ3v) is 9.07. The van der Waals surface area contributed by atoms with E-state index in [0.29, 0.717) is 41.6 Å². The van der Waals surface area contributed by atoms with Crippen molar-refractivity contribution in [2.24, 2.45) is 11.8 Å². The molecule has 1 saturated heterocycles. The predicted molar refractivity (Wildman–Crippen MR) is 132 cm³/mol. The summed E-state index contributed by atoms with van der Waals surface area (Å²) in [5.41, 5.74) is 0.925. The molecule has 1 aromatic carbocycles. The van der Waals surface area contributed by atoms with Gasteiger partial charge in [-0.25, -0.2) is 14.4 Å². The van der Waals surface area contributed by atoms with E-state index < -0.39 is 12.0 Å². The van der Waals surface area contributed by atoms with Crippen LogP contribution >= 0.6 is 22.9 Å². The van der Waals surface area contributed by atoms with E-state index in [-0.39, 0.29) is 41.2 Å². The molecule has 2 atom stereocenters. The Morgan fingerprint density at radius 1 is 1.22 bits per heavy atom. The van der Waals surface area contributed by atoms with E-state index in [2.05, 4.69) is 15.6 Å². The van der Waals surface area contributed by atoms with Crippen molar-refractivity contribution in [3.05, 3.63) is 50.2 Å². The van der Waals surface area contributed by atoms with Gasteiger partial charge in [-0.15, -0.1) is 11.3 Å². The van der Waals surface area contributed by atoms with Crippen LogP contribution in [-0.4, -0.2) is 52.4 Å². The van der Waals surface area contributed by atoms with Crippen LogP contribution in [0.25, 0.3) is 0 Å². The molecule has 11 heteroatoms. The number of fused-ring (bicyclic) bond motifs is 2. The largest absolute Gasteiger partial charge is 0.350 e. The number of hydrogen-bond donors (Lipinski definition) is 2. The van der Waals surface area contributed by atoms with Crippen molar-refractivity contribution in [2.45, 2.75) is 50.6 Å². The van der Waals surface area contributed by atoms with Crippen LogP contribution in [0.3, 0.4) is 0 Å². The van der Waals surface area contributed by atoms with Gasteiger partial charge in [-0.2, -0.15) is 0 Å². The van der Waals surface area contributed by atoms with Crippen LogP contribution < -0.4 is 10.6 Å². The number of nitrogens with zero attached hydrogens (tertiary/aromatic N) is 3. The van der Waals surface area contributed by atoms with Crippen molar-refractivity contribution in [2.75, 3.05) is 19.6 Å². The number of halogens is 2. The molecule has 2 N–H and O–H groups in total. The smallest absolute Gasteiger partial charge is 0.264 e. The maximum Gasteiger partial charge on any atom is 0.264 e. The molecule has 2 aromatic rings. The second-order valence-corrected chi connectivity index (χ2v) is 11.4. The Morgan fingerprint density at radius 2 is 2.03 bits per heavy atom. The molecule has 3 amide bonds. The van der Waals surface area contributed by atoms with Crippen LogP contribution in [0.4, 0.5) is 4.39 Å². The fourth-order valence-corrected chi connectivity index (χ4v) is 6.55. The molecule has 0 spiro atoms. The molecule has 2 aliphatic heterocycles. The first-order valence-electron chi connectivity index (χ1n) is 12.5. The molecule has 0 bridgehead atoms. The number of hydrogen-bond acceptors (Lipinski definition) is 6. The minimum absolute atomic E-state index is 0.125. The summed E-state index contributed by atoms with van der Waals surface area (Å²) in [7, 11) is 0. The minimum Gasteiger partial charge on any atom is -0.350 e. The van der Waals surface area contributed by atoms with Gasteiger partial charge in [0.05, 0.1) is 10.9 Å². The number of thiazole rings is 1. The van der Waals surface area contributed by atoms with E-state index in [1.54, 1.807) is 17.1 Å². The number of carbonyl (C=O) groups excluding carboxylic acids is 3. The topological polar surface area (TPSA) is 94.6 Å². The summed E-state index contributed by atoms with van der Waals surface area (Å²) >= 11 is 7.52. The number of benzene rings is 1. The molecule has 0 radical (unpaired) electrons. The van der Waals surface area contributed by atoms with E-state index in [0.717, 1.165) is 37.1 Å². The van der Waals surface area contributed by atoms with Gasteiger partial charge in [0.1, 0.15) is 16.7 Å². The summed E-state index contributed by atoms with van der Waals surface area (Å²) < 4.78 is 14.8. The van der Waals surface area contributed by atoms with Gasteiger partial charge < -0.3 is 10.6 Å². The van der Waals surface area contributed by atoms with E-state index >= 15 is 0 Å². The second kappa shape index (κ2) is 9.39. The first-order chi connectivity index (χ1) is 17.4. The molecular formula is C25H27ClFN5O3S. The lowest BCUT2D eigenvalue weighted by Crippen LogP contribution is -2.48. The highest BCUT2D eigenvalue weighted by molar-refractivity contribution is 7.14. The Kier molecular flexibility index (Phi) is 6.21. The first kappa shape index (κ1) is 23.8. The van der Waals surface area contributed by atoms with Gasteiger partial charge in [0.15, 0.2) is 5.15 Å². The SMILES string of the molecule is O=C(NC[C@H](C(=O)N[C@@H]1C(=O)N2CCCN2Cc2c(F)cccc21)C1CC1)c1sc(C2CC2)nc1Cl.